The van der Waals surface area contributed by atoms with Gasteiger partial charge in [0.2, 0.25) is 11.8 Å². The van der Waals surface area contributed by atoms with Crippen molar-refractivity contribution in [2.75, 3.05) is 26.5 Å². The van der Waals surface area contributed by atoms with Crippen molar-refractivity contribution >= 4 is 23.4 Å². The molecule has 2 amide bonds. The Kier molecular flexibility index (Phi) is 5.45. The van der Waals surface area contributed by atoms with Crippen LogP contribution < -0.4 is 5.32 Å². The predicted octanol–water partition coefficient (Wildman–Crippen LogP) is -0.180. The van der Waals surface area contributed by atoms with E-state index in [4.69, 9.17) is 11.6 Å². The summed E-state index contributed by atoms with van der Waals surface area (Å²) in [7, 11) is 3.27. The zero-order valence-electron chi connectivity index (χ0n) is 7.26. The Balaban J connectivity index is 3.54. The smallest absolute Gasteiger partial charge is 0.241 e. The van der Waals surface area contributed by atoms with Crippen molar-refractivity contribution < 1.29 is 9.59 Å². The van der Waals surface area contributed by atoms with Crippen LogP contribution in [0.4, 0.5) is 0 Å². The van der Waals surface area contributed by atoms with E-state index in [2.05, 4.69) is 5.32 Å². The number of hydrogen-bond donors (Lipinski definition) is 1. The summed E-state index contributed by atoms with van der Waals surface area (Å²) in [6, 6.07) is 0. The Morgan fingerprint density at radius 1 is 1.42 bits per heavy atom. The van der Waals surface area contributed by atoms with E-state index in [1.54, 1.807) is 14.1 Å². The molecule has 0 aliphatic carbocycles. The number of rotatable bonds is 4. The molecule has 0 fully saturated rings. The summed E-state index contributed by atoms with van der Waals surface area (Å²) in [5, 5.41) is 2.45. The lowest BCUT2D eigenvalue weighted by molar-refractivity contribution is -0.130. The van der Waals surface area contributed by atoms with Crippen LogP contribution in [-0.4, -0.2) is 43.2 Å². The molecule has 4 nitrogen and oxygen atoms in total. The van der Waals surface area contributed by atoms with Crippen LogP contribution in [0.1, 0.15) is 6.42 Å². The van der Waals surface area contributed by atoms with E-state index in [0.29, 0.717) is 0 Å². The first-order chi connectivity index (χ1) is 5.57. The van der Waals surface area contributed by atoms with Crippen molar-refractivity contribution in [3.05, 3.63) is 0 Å². The Morgan fingerprint density at radius 3 is 2.42 bits per heavy atom. The molecule has 70 valence electrons. The molecule has 1 N–H and O–H groups in total. The zero-order valence-corrected chi connectivity index (χ0v) is 8.02. The first kappa shape index (κ1) is 11.2. The van der Waals surface area contributed by atoms with Gasteiger partial charge in [0.15, 0.2) is 0 Å². The molecule has 0 rings (SSSR count). The van der Waals surface area contributed by atoms with E-state index in [-0.39, 0.29) is 30.7 Å². The highest BCUT2D eigenvalue weighted by molar-refractivity contribution is 6.18. The molecule has 0 aliphatic rings. The fourth-order valence-electron chi connectivity index (χ4n) is 0.507. The lowest BCUT2D eigenvalue weighted by Gasteiger charge is -2.10. The summed E-state index contributed by atoms with van der Waals surface area (Å²) in [5.41, 5.74) is 0. The number of nitrogens with zero attached hydrogens (tertiary/aromatic N) is 1. The van der Waals surface area contributed by atoms with E-state index in [1.807, 2.05) is 0 Å². The van der Waals surface area contributed by atoms with Gasteiger partial charge in [-0.05, 0) is 0 Å². The molecule has 0 heterocycles. The maximum Gasteiger partial charge on any atom is 0.241 e. The Morgan fingerprint density at radius 2 is 2.00 bits per heavy atom. The molecule has 0 spiro atoms. The maximum absolute atomic E-state index is 10.9. The summed E-state index contributed by atoms with van der Waals surface area (Å²) < 4.78 is 0. The molecule has 0 aromatic carbocycles. The van der Waals surface area contributed by atoms with Gasteiger partial charge in [-0.1, -0.05) is 0 Å². The summed E-state index contributed by atoms with van der Waals surface area (Å²) >= 11 is 5.32. The molecule has 0 unspecified atom stereocenters. The number of hydrogen-bond acceptors (Lipinski definition) is 2. The molecule has 0 aliphatic heterocycles. The van der Waals surface area contributed by atoms with Gasteiger partial charge in [-0.3, -0.25) is 9.59 Å². The van der Waals surface area contributed by atoms with Gasteiger partial charge in [-0.2, -0.15) is 0 Å². The number of carbonyl (C=O) groups is 2. The highest BCUT2D eigenvalue weighted by Gasteiger charge is 2.05. The Hall–Kier alpha value is -0.770. The van der Waals surface area contributed by atoms with Gasteiger partial charge in [-0.25, -0.2) is 0 Å². The third-order valence-corrected chi connectivity index (χ3v) is 1.45. The minimum atomic E-state index is -0.194. The average molecular weight is 193 g/mol. The second kappa shape index (κ2) is 5.83. The summed E-state index contributed by atoms with van der Waals surface area (Å²) in [5.74, 6) is -0.0414. The Labute approximate surface area is 76.9 Å². The second-order valence-corrected chi connectivity index (χ2v) is 2.88. The number of alkyl halides is 1. The van der Waals surface area contributed by atoms with E-state index < -0.39 is 0 Å². The second-order valence-electron chi connectivity index (χ2n) is 2.50. The fourth-order valence-corrected chi connectivity index (χ4v) is 0.678. The minimum Gasteiger partial charge on any atom is -0.347 e. The number of carbonyl (C=O) groups excluding carboxylic acids is 2. The van der Waals surface area contributed by atoms with Gasteiger partial charge in [0.25, 0.3) is 0 Å². The van der Waals surface area contributed by atoms with Crippen molar-refractivity contribution in [2.24, 2.45) is 0 Å². The van der Waals surface area contributed by atoms with Gasteiger partial charge in [0.1, 0.15) is 0 Å². The number of halogens is 1. The van der Waals surface area contributed by atoms with Crippen LogP contribution in [0.2, 0.25) is 0 Å². The van der Waals surface area contributed by atoms with E-state index in [0.717, 1.165) is 0 Å². The number of amides is 2. The highest BCUT2D eigenvalue weighted by Crippen LogP contribution is 1.84. The summed E-state index contributed by atoms with van der Waals surface area (Å²) in [6.07, 6.45) is 0.252. The van der Waals surface area contributed by atoms with E-state index in [9.17, 15) is 9.59 Å². The molecule has 5 heteroatoms. The molecule has 0 saturated heterocycles. The van der Waals surface area contributed by atoms with Gasteiger partial charge < -0.3 is 10.2 Å². The molecule has 0 aromatic heterocycles. The molecule has 0 bridgehead atoms. The Bertz CT molecular complexity index is 171. The largest absolute Gasteiger partial charge is 0.347 e. The lowest BCUT2D eigenvalue weighted by atomic mass is 10.4. The van der Waals surface area contributed by atoms with Crippen LogP contribution in [0.3, 0.4) is 0 Å². The van der Waals surface area contributed by atoms with Gasteiger partial charge >= 0.3 is 0 Å². The lowest BCUT2D eigenvalue weighted by Crippen LogP contribution is -2.36. The molecule has 0 atom stereocenters. The van der Waals surface area contributed by atoms with Crippen LogP contribution in [0.5, 0.6) is 0 Å². The van der Waals surface area contributed by atoms with Crippen molar-refractivity contribution in [3.63, 3.8) is 0 Å². The van der Waals surface area contributed by atoms with E-state index >= 15 is 0 Å². The van der Waals surface area contributed by atoms with Gasteiger partial charge in [0, 0.05) is 26.4 Å². The monoisotopic (exact) mass is 192 g/mol. The SMILES string of the molecule is CN(C)C(=O)CNC(=O)CCCl. The summed E-state index contributed by atoms with van der Waals surface area (Å²) in [6.45, 7) is 0.0444. The standard InChI is InChI=1S/C7H13ClN2O2/c1-10(2)7(12)5-9-6(11)3-4-8/h3-5H2,1-2H3,(H,9,11). The minimum absolute atomic E-state index is 0.0444. The fraction of sp³-hybridized carbons (Fsp3) is 0.714. The first-order valence-electron chi connectivity index (χ1n) is 3.60. The zero-order chi connectivity index (χ0) is 9.56. The maximum atomic E-state index is 10.9. The van der Waals surface area contributed by atoms with E-state index in [1.165, 1.54) is 4.90 Å². The topological polar surface area (TPSA) is 49.4 Å². The molecular formula is C7H13ClN2O2. The van der Waals surface area contributed by atoms with Gasteiger partial charge in [-0.15, -0.1) is 11.6 Å². The molecule has 0 radical (unpaired) electrons. The molecule has 12 heavy (non-hydrogen) atoms. The molecule has 0 aromatic rings. The van der Waals surface area contributed by atoms with Crippen molar-refractivity contribution in [3.8, 4) is 0 Å². The predicted molar refractivity (Wildman–Crippen MR) is 47.0 cm³/mol. The normalized spacial score (nSPS) is 9.25. The van der Waals surface area contributed by atoms with Crippen LogP contribution in [-0.2, 0) is 9.59 Å². The average Bonchev–Trinajstić information content (AvgIpc) is 2.00. The molecular weight excluding hydrogens is 180 g/mol. The van der Waals surface area contributed by atoms with Crippen LogP contribution in [0.15, 0.2) is 0 Å². The number of likely N-dealkylation sites (N-methyl/N-ethyl adjacent to an activating group) is 1. The van der Waals surface area contributed by atoms with Crippen molar-refractivity contribution in [1.82, 2.24) is 10.2 Å². The first-order valence-corrected chi connectivity index (χ1v) is 4.14. The van der Waals surface area contributed by atoms with Crippen molar-refractivity contribution in [2.45, 2.75) is 6.42 Å². The van der Waals surface area contributed by atoms with Crippen LogP contribution in [0, 0.1) is 0 Å². The molecule has 0 saturated carbocycles. The summed E-state index contributed by atoms with van der Waals surface area (Å²) in [4.78, 5) is 23.2. The van der Waals surface area contributed by atoms with Crippen LogP contribution >= 0.6 is 11.6 Å². The highest BCUT2D eigenvalue weighted by atomic mass is 35.5. The number of nitrogens with one attached hydrogen (secondary N) is 1. The third-order valence-electron chi connectivity index (χ3n) is 1.26. The van der Waals surface area contributed by atoms with Crippen molar-refractivity contribution in [1.29, 1.82) is 0 Å². The van der Waals surface area contributed by atoms with Crippen LogP contribution in [0.25, 0.3) is 0 Å². The third kappa shape index (κ3) is 4.96. The quantitative estimate of drug-likeness (QED) is 0.629. The van der Waals surface area contributed by atoms with Gasteiger partial charge in [0.05, 0.1) is 6.54 Å².